The second-order valence-corrected chi connectivity index (χ2v) is 8.59. The number of aliphatic hydroxyl groups excluding tert-OH is 1. The van der Waals surface area contributed by atoms with Crippen LogP contribution in [0.4, 0.5) is 0 Å². The Kier molecular flexibility index (Phi) is 6.62. The zero-order chi connectivity index (χ0) is 21.8. The van der Waals surface area contributed by atoms with E-state index in [1.54, 1.807) is 12.4 Å². The van der Waals surface area contributed by atoms with Gasteiger partial charge >= 0.3 is 0 Å². The molecule has 0 aromatic carbocycles. The number of fused-ring (bicyclic) bond motifs is 1. The summed E-state index contributed by atoms with van der Waals surface area (Å²) in [5, 5.41) is 24.8. The molecule has 1 aliphatic carbocycles. The van der Waals surface area contributed by atoms with Crippen LogP contribution in [0.2, 0.25) is 0 Å². The number of H-pyrrole nitrogens is 1. The maximum absolute atomic E-state index is 13.0. The molecule has 166 valence electrons. The zero-order valence-electron chi connectivity index (χ0n) is 17.4. The number of carboxylic acid groups (broad SMARTS) is 1. The number of pyridine rings is 1. The number of carbonyl (C=O) groups excluding carboxylic acids is 1. The van der Waals surface area contributed by atoms with Crippen LogP contribution in [0, 0.1) is 11.8 Å². The van der Waals surface area contributed by atoms with E-state index in [1.165, 1.54) is 12.8 Å². The summed E-state index contributed by atoms with van der Waals surface area (Å²) in [5.41, 5.74) is 2.23. The van der Waals surface area contributed by atoms with Gasteiger partial charge in [-0.2, -0.15) is 5.10 Å². The Labute approximate surface area is 181 Å². The smallest absolute Gasteiger partial charge is 0.290 e. The summed E-state index contributed by atoms with van der Waals surface area (Å²) < 4.78 is 0. The van der Waals surface area contributed by atoms with Gasteiger partial charge in [-0.3, -0.25) is 24.6 Å². The molecule has 2 aliphatic heterocycles. The summed E-state index contributed by atoms with van der Waals surface area (Å²) in [6, 6.07) is 5.86. The number of aromatic amines is 1. The number of nitrogens with zero attached hydrogens (tertiary/aromatic N) is 4. The Morgan fingerprint density at radius 3 is 2.45 bits per heavy atom. The first-order chi connectivity index (χ1) is 15.1. The molecule has 1 amide bonds. The minimum absolute atomic E-state index is 0.00872. The first kappa shape index (κ1) is 21.5. The lowest BCUT2D eigenvalue weighted by atomic mass is 9.77. The Hall–Kier alpha value is -2.78. The van der Waals surface area contributed by atoms with E-state index in [9.17, 15) is 9.90 Å². The van der Waals surface area contributed by atoms with E-state index < -0.39 is 0 Å². The minimum atomic E-state index is -0.264. The number of nitrogens with one attached hydrogen (secondary N) is 1. The number of aromatic nitrogens is 3. The SMILES string of the molecule is O=C(c1cc(-c2ccncc2)n[nH]1)N1C[C@H]2C[C@@H](N3CCCC3)[C@H](O)C[C@H]2C1.O=CO. The zero-order valence-corrected chi connectivity index (χ0v) is 17.4. The molecule has 4 heterocycles. The van der Waals surface area contributed by atoms with E-state index in [0.717, 1.165) is 50.3 Å². The molecule has 5 rings (SSSR count). The lowest BCUT2D eigenvalue weighted by Gasteiger charge is -2.40. The molecule has 9 nitrogen and oxygen atoms in total. The van der Waals surface area contributed by atoms with Crippen molar-refractivity contribution in [1.29, 1.82) is 0 Å². The first-order valence-corrected chi connectivity index (χ1v) is 10.9. The van der Waals surface area contributed by atoms with E-state index in [1.807, 2.05) is 23.1 Å². The fourth-order valence-corrected chi connectivity index (χ4v) is 5.31. The molecule has 2 aromatic rings. The molecule has 2 aromatic heterocycles. The molecule has 3 aliphatic rings. The number of amides is 1. The van der Waals surface area contributed by atoms with Crippen molar-refractivity contribution in [2.75, 3.05) is 26.2 Å². The average molecular weight is 428 g/mol. The highest BCUT2D eigenvalue weighted by Gasteiger charge is 2.45. The molecule has 9 heteroatoms. The first-order valence-electron chi connectivity index (χ1n) is 10.9. The molecule has 1 saturated carbocycles. The quantitative estimate of drug-likeness (QED) is 0.634. The molecule has 3 N–H and O–H groups in total. The lowest BCUT2D eigenvalue weighted by molar-refractivity contribution is -0.122. The van der Waals surface area contributed by atoms with Crippen molar-refractivity contribution < 1.29 is 19.8 Å². The maximum atomic E-state index is 13.0. The fourth-order valence-electron chi connectivity index (χ4n) is 5.31. The topological polar surface area (TPSA) is 123 Å². The highest BCUT2D eigenvalue weighted by atomic mass is 16.3. The summed E-state index contributed by atoms with van der Waals surface area (Å²) in [5.74, 6) is 0.898. The molecular weight excluding hydrogens is 398 g/mol. The largest absolute Gasteiger partial charge is 0.483 e. The van der Waals surface area contributed by atoms with Gasteiger partial charge < -0.3 is 15.1 Å². The highest BCUT2D eigenvalue weighted by Crippen LogP contribution is 2.39. The van der Waals surface area contributed by atoms with Gasteiger partial charge in [-0.15, -0.1) is 0 Å². The van der Waals surface area contributed by atoms with Crippen molar-refractivity contribution >= 4 is 12.4 Å². The standard InChI is InChI=1S/C21H27N5O2.CH2O2/c27-20-10-16-13-26(12-15(16)9-19(20)25-7-1-2-8-25)21(28)18-11-17(23-24-18)14-3-5-22-6-4-14;2-1-3/h3-6,11,15-16,19-20,27H,1-2,7-10,12-13H2,(H,23,24);1H,(H,2,3)/t15-,16+,19-,20-;/m1./s1. The van der Waals surface area contributed by atoms with Crippen LogP contribution in [0.3, 0.4) is 0 Å². The van der Waals surface area contributed by atoms with E-state index >= 15 is 0 Å². The Balaban J connectivity index is 0.000000730. The third-order valence-electron chi connectivity index (χ3n) is 6.79. The van der Waals surface area contributed by atoms with Crippen molar-refractivity contribution in [1.82, 2.24) is 25.0 Å². The van der Waals surface area contributed by atoms with Gasteiger partial charge in [-0.1, -0.05) is 0 Å². The van der Waals surface area contributed by atoms with Gasteiger partial charge in [-0.05, 0) is 68.8 Å². The molecule has 0 spiro atoms. The fraction of sp³-hybridized carbons (Fsp3) is 0.545. The highest BCUT2D eigenvalue weighted by molar-refractivity contribution is 5.93. The third kappa shape index (κ3) is 4.62. The maximum Gasteiger partial charge on any atom is 0.290 e. The van der Waals surface area contributed by atoms with Crippen LogP contribution in [0.1, 0.15) is 36.2 Å². The van der Waals surface area contributed by atoms with Gasteiger partial charge in [-0.25, -0.2) is 0 Å². The van der Waals surface area contributed by atoms with Gasteiger partial charge in [0.2, 0.25) is 0 Å². The van der Waals surface area contributed by atoms with E-state index in [2.05, 4.69) is 20.1 Å². The summed E-state index contributed by atoms with van der Waals surface area (Å²) >= 11 is 0. The minimum Gasteiger partial charge on any atom is -0.483 e. The Morgan fingerprint density at radius 1 is 1.13 bits per heavy atom. The van der Waals surface area contributed by atoms with Crippen LogP contribution in [0.5, 0.6) is 0 Å². The van der Waals surface area contributed by atoms with Crippen molar-refractivity contribution in [2.45, 2.75) is 37.8 Å². The van der Waals surface area contributed by atoms with Gasteiger partial charge in [0.1, 0.15) is 5.69 Å². The van der Waals surface area contributed by atoms with Gasteiger partial charge in [0.25, 0.3) is 12.4 Å². The van der Waals surface area contributed by atoms with Crippen LogP contribution in [-0.4, -0.2) is 85.9 Å². The van der Waals surface area contributed by atoms with Crippen LogP contribution < -0.4 is 0 Å². The molecule has 0 unspecified atom stereocenters. The number of hydrogen-bond donors (Lipinski definition) is 3. The molecule has 2 saturated heterocycles. The summed E-state index contributed by atoms with van der Waals surface area (Å²) in [4.78, 5) is 29.8. The summed E-state index contributed by atoms with van der Waals surface area (Å²) in [6.07, 6.45) is 7.46. The van der Waals surface area contributed by atoms with Gasteiger partial charge in [0.05, 0.1) is 11.8 Å². The van der Waals surface area contributed by atoms with Crippen LogP contribution in [0.15, 0.2) is 30.6 Å². The van der Waals surface area contributed by atoms with Crippen LogP contribution in [-0.2, 0) is 4.79 Å². The molecule has 4 atom stereocenters. The number of aliphatic hydroxyl groups is 1. The predicted octanol–water partition coefficient (Wildman–Crippen LogP) is 1.48. The number of carbonyl (C=O) groups is 2. The van der Waals surface area contributed by atoms with E-state index in [4.69, 9.17) is 9.90 Å². The van der Waals surface area contributed by atoms with Gasteiger partial charge in [0, 0.05) is 37.1 Å². The second kappa shape index (κ2) is 9.57. The summed E-state index contributed by atoms with van der Waals surface area (Å²) in [7, 11) is 0. The van der Waals surface area contributed by atoms with Crippen molar-refractivity contribution in [3.63, 3.8) is 0 Å². The van der Waals surface area contributed by atoms with Crippen LogP contribution >= 0.6 is 0 Å². The van der Waals surface area contributed by atoms with E-state index in [-0.39, 0.29) is 24.5 Å². The van der Waals surface area contributed by atoms with E-state index in [0.29, 0.717) is 17.5 Å². The van der Waals surface area contributed by atoms with Crippen molar-refractivity contribution in [3.05, 3.63) is 36.3 Å². The number of rotatable bonds is 3. The monoisotopic (exact) mass is 427 g/mol. The average Bonchev–Trinajstić information content (AvgIpc) is 3.54. The Bertz CT molecular complexity index is 883. The number of likely N-dealkylation sites (tertiary alicyclic amines) is 2. The normalized spacial score (nSPS) is 28.0. The number of hydrogen-bond acceptors (Lipinski definition) is 6. The third-order valence-corrected chi connectivity index (χ3v) is 6.79. The Morgan fingerprint density at radius 2 is 1.77 bits per heavy atom. The molecular formula is C22H29N5O4. The second-order valence-electron chi connectivity index (χ2n) is 8.59. The molecule has 31 heavy (non-hydrogen) atoms. The van der Waals surface area contributed by atoms with Gasteiger partial charge in [0.15, 0.2) is 0 Å². The predicted molar refractivity (Wildman–Crippen MR) is 113 cm³/mol. The van der Waals surface area contributed by atoms with Crippen LogP contribution in [0.25, 0.3) is 11.3 Å². The molecule has 0 radical (unpaired) electrons. The van der Waals surface area contributed by atoms with Crippen molar-refractivity contribution in [3.8, 4) is 11.3 Å². The van der Waals surface area contributed by atoms with Crippen molar-refractivity contribution in [2.24, 2.45) is 11.8 Å². The summed E-state index contributed by atoms with van der Waals surface area (Å²) in [6.45, 7) is 3.47. The molecule has 0 bridgehead atoms. The lowest BCUT2D eigenvalue weighted by Crippen LogP contribution is -2.48. The molecule has 3 fully saturated rings.